The zero-order chi connectivity index (χ0) is 15.1. The van der Waals surface area contributed by atoms with Crippen molar-refractivity contribution >= 4 is 8.58 Å². The molecule has 110 valence electrons. The van der Waals surface area contributed by atoms with Gasteiger partial charge >= 0.3 is 0 Å². The number of hydrogen-bond donors (Lipinski definition) is 0. The second-order valence-corrected chi connectivity index (χ2v) is 6.69. The summed E-state index contributed by atoms with van der Waals surface area (Å²) in [6, 6.07) is 0. The van der Waals surface area contributed by atoms with Gasteiger partial charge in [-0.05, 0) is 37.3 Å². The maximum atomic E-state index is 14.0. The highest BCUT2D eigenvalue weighted by molar-refractivity contribution is 7.47. The Balaban J connectivity index is 2.62. The van der Waals surface area contributed by atoms with Crippen LogP contribution >= 0.6 is 8.58 Å². The highest BCUT2D eigenvalue weighted by atomic mass is 31.1. The van der Waals surface area contributed by atoms with E-state index in [2.05, 4.69) is 19.6 Å². The zero-order valence-corrected chi connectivity index (χ0v) is 13.5. The van der Waals surface area contributed by atoms with Crippen molar-refractivity contribution < 1.29 is 8.78 Å². The molecular formula is C17H23F2P. The van der Waals surface area contributed by atoms with Crippen molar-refractivity contribution in [3.05, 3.63) is 58.5 Å². The van der Waals surface area contributed by atoms with Gasteiger partial charge in [-0.2, -0.15) is 0 Å². The van der Waals surface area contributed by atoms with Crippen LogP contribution in [0.5, 0.6) is 0 Å². The van der Waals surface area contributed by atoms with Crippen molar-refractivity contribution in [2.45, 2.75) is 46.2 Å². The molecule has 2 unspecified atom stereocenters. The van der Waals surface area contributed by atoms with E-state index in [1.54, 1.807) is 0 Å². The van der Waals surface area contributed by atoms with Gasteiger partial charge in [-0.3, -0.25) is 0 Å². The van der Waals surface area contributed by atoms with E-state index in [0.29, 0.717) is 11.7 Å². The molecule has 0 radical (unpaired) electrons. The van der Waals surface area contributed by atoms with E-state index in [1.165, 1.54) is 17.2 Å². The first-order chi connectivity index (χ1) is 9.42. The summed E-state index contributed by atoms with van der Waals surface area (Å²) in [6.07, 6.45) is 7.58. The smallest absolute Gasteiger partial charge is 0.131 e. The predicted molar refractivity (Wildman–Crippen MR) is 86.7 cm³/mol. The molecule has 1 aliphatic carbocycles. The van der Waals surface area contributed by atoms with Crippen molar-refractivity contribution in [3.63, 3.8) is 0 Å². The molecule has 0 aromatic rings. The molecule has 3 heteroatoms. The lowest BCUT2D eigenvalue weighted by atomic mass is 10.2. The quantitative estimate of drug-likeness (QED) is 0.501. The first-order valence-electron chi connectivity index (χ1n) is 6.91. The summed E-state index contributed by atoms with van der Waals surface area (Å²) >= 11 is 0. The molecule has 0 saturated carbocycles. The van der Waals surface area contributed by atoms with Crippen molar-refractivity contribution in [2.24, 2.45) is 0 Å². The predicted octanol–water partition coefficient (Wildman–Crippen LogP) is 6.35. The lowest BCUT2D eigenvalue weighted by Gasteiger charge is -2.13. The molecule has 0 aliphatic heterocycles. The Labute approximate surface area is 122 Å². The van der Waals surface area contributed by atoms with Gasteiger partial charge in [-0.1, -0.05) is 57.5 Å². The molecule has 0 heterocycles. The van der Waals surface area contributed by atoms with Crippen LogP contribution in [-0.2, 0) is 0 Å². The second kappa shape index (κ2) is 8.32. The van der Waals surface area contributed by atoms with Crippen molar-refractivity contribution in [2.75, 3.05) is 0 Å². The summed E-state index contributed by atoms with van der Waals surface area (Å²) in [5.74, 6) is -0.382. The number of halogens is 2. The fourth-order valence-corrected chi connectivity index (χ4v) is 3.25. The lowest BCUT2D eigenvalue weighted by molar-refractivity contribution is 0.368. The fourth-order valence-electron chi connectivity index (χ4n) is 2.05. The fraction of sp³-hybridized carbons (Fsp3) is 0.412. The van der Waals surface area contributed by atoms with Gasteiger partial charge in [0, 0.05) is 6.42 Å². The Morgan fingerprint density at radius 2 is 2.15 bits per heavy atom. The summed E-state index contributed by atoms with van der Waals surface area (Å²) < 4.78 is 27.3. The Morgan fingerprint density at radius 3 is 2.80 bits per heavy atom. The summed E-state index contributed by atoms with van der Waals surface area (Å²) in [5.41, 5.74) is 2.46. The summed E-state index contributed by atoms with van der Waals surface area (Å²) in [4.78, 5) is 0. The summed E-state index contributed by atoms with van der Waals surface area (Å²) in [5, 5.41) is 1.64. The third-order valence-electron chi connectivity index (χ3n) is 2.99. The van der Waals surface area contributed by atoms with E-state index in [-0.39, 0.29) is 20.8 Å². The molecule has 0 fully saturated rings. The van der Waals surface area contributed by atoms with E-state index in [4.69, 9.17) is 0 Å². The van der Waals surface area contributed by atoms with E-state index in [0.717, 1.165) is 11.7 Å². The molecule has 0 amide bonds. The highest BCUT2D eigenvalue weighted by Gasteiger charge is 2.15. The molecule has 0 aromatic carbocycles. The van der Waals surface area contributed by atoms with Gasteiger partial charge in [0.2, 0.25) is 0 Å². The van der Waals surface area contributed by atoms with Crippen molar-refractivity contribution in [1.82, 2.24) is 0 Å². The van der Waals surface area contributed by atoms with Gasteiger partial charge in [0.05, 0.1) is 5.83 Å². The van der Waals surface area contributed by atoms with Gasteiger partial charge in [0.15, 0.2) is 0 Å². The van der Waals surface area contributed by atoms with Gasteiger partial charge in [0.1, 0.15) is 6.17 Å². The van der Waals surface area contributed by atoms with Crippen LogP contribution in [0.25, 0.3) is 0 Å². The average Bonchev–Trinajstić information content (AvgIpc) is 2.50. The van der Waals surface area contributed by atoms with E-state index in [1.807, 2.05) is 26.0 Å². The van der Waals surface area contributed by atoms with Crippen LogP contribution < -0.4 is 0 Å². The number of allylic oxidation sites excluding steroid dienone is 9. The third-order valence-corrected chi connectivity index (χ3v) is 4.29. The number of rotatable bonds is 6. The van der Waals surface area contributed by atoms with Crippen molar-refractivity contribution in [1.29, 1.82) is 0 Å². The first kappa shape index (κ1) is 17.0. The normalized spacial score (nSPS) is 18.4. The minimum absolute atomic E-state index is 0.184. The molecule has 0 spiro atoms. The molecular weight excluding hydrogens is 273 g/mol. The van der Waals surface area contributed by atoms with E-state index in [9.17, 15) is 8.78 Å². The maximum absolute atomic E-state index is 14.0. The second-order valence-electron chi connectivity index (χ2n) is 5.15. The Bertz CT molecular complexity index is 481. The van der Waals surface area contributed by atoms with Gasteiger partial charge < -0.3 is 0 Å². The number of hydrogen-bond acceptors (Lipinski definition) is 0. The Hall–Kier alpha value is -1.01. The molecule has 1 aliphatic rings. The molecule has 0 bridgehead atoms. The average molecular weight is 296 g/mol. The SMILES string of the molecule is C=C(PC1=CC=C(C)C=C(C)C1)C(F)C/C(F)=C\CC. The highest BCUT2D eigenvalue weighted by Crippen LogP contribution is 2.40. The first-order valence-corrected chi connectivity index (χ1v) is 7.91. The molecule has 20 heavy (non-hydrogen) atoms. The zero-order valence-electron chi connectivity index (χ0n) is 12.5. The minimum Gasteiger partial charge on any atom is -0.242 e. The van der Waals surface area contributed by atoms with Gasteiger partial charge in [-0.25, -0.2) is 8.78 Å². The van der Waals surface area contributed by atoms with E-state index >= 15 is 0 Å². The number of alkyl halides is 1. The monoisotopic (exact) mass is 296 g/mol. The topological polar surface area (TPSA) is 0 Å². The molecule has 2 atom stereocenters. The lowest BCUT2D eigenvalue weighted by Crippen LogP contribution is -2.00. The molecule has 0 nitrogen and oxygen atoms in total. The summed E-state index contributed by atoms with van der Waals surface area (Å²) in [7, 11) is 0.221. The van der Waals surface area contributed by atoms with Crippen LogP contribution in [-0.4, -0.2) is 6.17 Å². The van der Waals surface area contributed by atoms with Gasteiger partial charge in [-0.15, -0.1) is 0 Å². The van der Waals surface area contributed by atoms with Crippen molar-refractivity contribution in [3.8, 4) is 0 Å². The Kier molecular flexibility index (Phi) is 7.09. The van der Waals surface area contributed by atoms with Crippen LogP contribution in [0, 0.1) is 0 Å². The molecule has 1 rings (SSSR count). The standard InChI is InChI=1S/C17H23F2P/c1-5-6-15(18)11-17(19)14(4)20-16-8-7-12(2)9-13(3)10-16/h6-9,17,20H,4-5,10-11H2,1-3H3/b15-6+. The summed E-state index contributed by atoms with van der Waals surface area (Å²) in [6.45, 7) is 9.75. The largest absolute Gasteiger partial charge is 0.242 e. The minimum atomic E-state index is -1.30. The Morgan fingerprint density at radius 1 is 1.45 bits per heavy atom. The molecule has 0 aromatic heterocycles. The van der Waals surface area contributed by atoms with Gasteiger partial charge in [0.25, 0.3) is 0 Å². The maximum Gasteiger partial charge on any atom is 0.131 e. The molecule has 0 saturated heterocycles. The van der Waals surface area contributed by atoms with Crippen LogP contribution in [0.1, 0.15) is 40.0 Å². The third kappa shape index (κ3) is 5.96. The molecule has 0 N–H and O–H groups in total. The van der Waals surface area contributed by atoms with Crippen LogP contribution in [0.3, 0.4) is 0 Å². The van der Waals surface area contributed by atoms with Crippen LogP contribution in [0.4, 0.5) is 8.78 Å². The van der Waals surface area contributed by atoms with Crippen LogP contribution in [0.2, 0.25) is 0 Å². The van der Waals surface area contributed by atoms with E-state index < -0.39 is 6.17 Å². The van der Waals surface area contributed by atoms with Crippen LogP contribution in [0.15, 0.2) is 58.5 Å².